The van der Waals surface area contributed by atoms with E-state index in [0.717, 1.165) is 32.4 Å². The first-order valence-electron chi connectivity index (χ1n) is 11.2. The molecule has 1 aliphatic heterocycles. The monoisotopic (exact) mass is 352 g/mol. The Labute approximate surface area is 157 Å². The molecule has 3 heteroatoms. The molecule has 0 bridgehead atoms. The number of unbranched alkanes of at least 4 members (excludes halogenated alkanes) is 13. The van der Waals surface area contributed by atoms with Crippen molar-refractivity contribution in [2.24, 2.45) is 0 Å². The van der Waals surface area contributed by atoms with E-state index >= 15 is 0 Å². The average molecular weight is 353 g/mol. The van der Waals surface area contributed by atoms with Gasteiger partial charge in [-0.2, -0.15) is 0 Å². The Kier molecular flexibility index (Phi) is 14.1. The topological polar surface area (TPSA) is 32.3 Å². The molecule has 1 amide bonds. The summed E-state index contributed by atoms with van der Waals surface area (Å²) >= 11 is 0. The molecule has 1 saturated heterocycles. The number of likely N-dealkylation sites (tertiary alicyclic amines) is 1. The number of nitrogens with one attached hydrogen (secondary N) is 1. The fraction of sp³-hybridized carbons (Fsp3) is 0.955. The molecular formula is C22H44N2O. The first-order valence-corrected chi connectivity index (χ1v) is 11.2. The van der Waals surface area contributed by atoms with Gasteiger partial charge in [0.15, 0.2) is 0 Å². The summed E-state index contributed by atoms with van der Waals surface area (Å²) in [7, 11) is 2.06. The number of rotatable bonds is 16. The lowest BCUT2D eigenvalue weighted by Gasteiger charge is -2.18. The zero-order valence-electron chi connectivity index (χ0n) is 17.2. The number of likely N-dealkylation sites (N-methyl/N-ethyl adjacent to an activating group) is 1. The molecule has 1 aliphatic rings. The molecule has 3 nitrogen and oxygen atoms in total. The van der Waals surface area contributed by atoms with Crippen molar-refractivity contribution in [3.63, 3.8) is 0 Å². The summed E-state index contributed by atoms with van der Waals surface area (Å²) in [5, 5.41) is 3.12. The van der Waals surface area contributed by atoms with Gasteiger partial charge in [-0.05, 0) is 32.9 Å². The quantitative estimate of drug-likeness (QED) is 0.363. The second-order valence-corrected chi connectivity index (χ2v) is 8.03. The molecule has 0 spiro atoms. The summed E-state index contributed by atoms with van der Waals surface area (Å²) in [4.78, 5) is 14.2. The van der Waals surface area contributed by atoms with Gasteiger partial charge in [0.25, 0.3) is 0 Å². The Hall–Kier alpha value is -0.570. The van der Waals surface area contributed by atoms with Crippen molar-refractivity contribution < 1.29 is 4.79 Å². The molecule has 148 valence electrons. The van der Waals surface area contributed by atoms with Crippen LogP contribution in [-0.4, -0.2) is 37.0 Å². The predicted molar refractivity (Wildman–Crippen MR) is 109 cm³/mol. The van der Waals surface area contributed by atoms with Crippen molar-refractivity contribution in [3.05, 3.63) is 0 Å². The number of hydrogen-bond donors (Lipinski definition) is 1. The summed E-state index contributed by atoms with van der Waals surface area (Å²) in [5.41, 5.74) is 0. The Bertz CT molecular complexity index is 319. The first kappa shape index (κ1) is 22.5. The van der Waals surface area contributed by atoms with Gasteiger partial charge in [-0.1, -0.05) is 90.4 Å². The maximum atomic E-state index is 12.0. The van der Waals surface area contributed by atoms with Gasteiger partial charge in [0.1, 0.15) is 0 Å². The lowest BCUT2D eigenvalue weighted by atomic mass is 10.0. The standard InChI is InChI=1S/C22H44N2O/c1-3-4-5-6-7-8-9-10-11-12-13-14-15-16-19-23-22(25)21-18-17-20-24(21)2/h21H,3-20H2,1-2H3,(H,23,25)/t21-/m1/s1. The third-order valence-electron chi connectivity index (χ3n) is 5.65. The molecule has 0 unspecified atom stereocenters. The highest BCUT2D eigenvalue weighted by Crippen LogP contribution is 2.15. The van der Waals surface area contributed by atoms with Gasteiger partial charge < -0.3 is 5.32 Å². The number of nitrogens with zero attached hydrogens (tertiary/aromatic N) is 1. The van der Waals surface area contributed by atoms with E-state index in [1.165, 1.54) is 83.5 Å². The predicted octanol–water partition coefficient (Wildman–Crippen LogP) is 5.68. The minimum Gasteiger partial charge on any atom is -0.355 e. The Morgan fingerprint density at radius 2 is 1.32 bits per heavy atom. The van der Waals surface area contributed by atoms with Crippen LogP contribution >= 0.6 is 0 Å². The van der Waals surface area contributed by atoms with E-state index < -0.39 is 0 Å². The highest BCUT2D eigenvalue weighted by atomic mass is 16.2. The second kappa shape index (κ2) is 15.7. The molecule has 0 aromatic heterocycles. The van der Waals surface area contributed by atoms with E-state index in [1.54, 1.807) is 0 Å². The van der Waals surface area contributed by atoms with Gasteiger partial charge in [0.05, 0.1) is 6.04 Å². The first-order chi connectivity index (χ1) is 12.3. The largest absolute Gasteiger partial charge is 0.355 e. The zero-order valence-corrected chi connectivity index (χ0v) is 17.2. The third-order valence-corrected chi connectivity index (χ3v) is 5.65. The molecule has 1 heterocycles. The zero-order chi connectivity index (χ0) is 18.2. The van der Waals surface area contributed by atoms with Crippen LogP contribution in [0.2, 0.25) is 0 Å². The van der Waals surface area contributed by atoms with Crippen molar-refractivity contribution in [2.45, 2.75) is 116 Å². The summed E-state index contributed by atoms with van der Waals surface area (Å²) < 4.78 is 0. The van der Waals surface area contributed by atoms with E-state index in [2.05, 4.69) is 24.2 Å². The maximum absolute atomic E-state index is 12.0. The molecule has 25 heavy (non-hydrogen) atoms. The van der Waals surface area contributed by atoms with E-state index in [9.17, 15) is 4.79 Å². The van der Waals surface area contributed by atoms with Crippen LogP contribution in [-0.2, 0) is 4.79 Å². The van der Waals surface area contributed by atoms with Crippen LogP contribution in [0.25, 0.3) is 0 Å². The fourth-order valence-electron chi connectivity index (χ4n) is 3.89. The molecule has 1 N–H and O–H groups in total. The summed E-state index contributed by atoms with van der Waals surface area (Å²) in [5.74, 6) is 0.245. The maximum Gasteiger partial charge on any atom is 0.237 e. The second-order valence-electron chi connectivity index (χ2n) is 8.03. The normalized spacial score (nSPS) is 17.9. The minimum atomic E-state index is 0.131. The number of hydrogen-bond acceptors (Lipinski definition) is 2. The smallest absolute Gasteiger partial charge is 0.237 e. The SMILES string of the molecule is CCCCCCCCCCCCCCCCNC(=O)[C@H]1CCCN1C. The van der Waals surface area contributed by atoms with Gasteiger partial charge in [-0.15, -0.1) is 0 Å². The molecule has 0 saturated carbocycles. The van der Waals surface area contributed by atoms with Crippen LogP contribution in [0.3, 0.4) is 0 Å². The molecule has 0 radical (unpaired) electrons. The minimum absolute atomic E-state index is 0.131. The average Bonchev–Trinajstić information content (AvgIpc) is 3.04. The Balaban J connectivity index is 1.75. The number of carbonyl (C=O) groups excluding carboxylic acids is 1. The van der Waals surface area contributed by atoms with Gasteiger partial charge in [-0.25, -0.2) is 0 Å². The summed E-state index contributed by atoms with van der Waals surface area (Å²) in [6.07, 6.45) is 21.5. The van der Waals surface area contributed by atoms with Gasteiger partial charge in [-0.3, -0.25) is 9.69 Å². The van der Waals surface area contributed by atoms with Crippen LogP contribution in [0, 0.1) is 0 Å². The Morgan fingerprint density at radius 3 is 1.76 bits per heavy atom. The molecule has 0 aromatic carbocycles. The number of amides is 1. The van der Waals surface area contributed by atoms with Crippen LogP contribution < -0.4 is 5.32 Å². The van der Waals surface area contributed by atoms with Crippen LogP contribution in [0.1, 0.15) is 110 Å². The van der Waals surface area contributed by atoms with Crippen LogP contribution in [0.4, 0.5) is 0 Å². The fourth-order valence-corrected chi connectivity index (χ4v) is 3.89. The van der Waals surface area contributed by atoms with E-state index in [-0.39, 0.29) is 11.9 Å². The lowest BCUT2D eigenvalue weighted by molar-refractivity contribution is -0.125. The molecule has 1 atom stereocenters. The van der Waals surface area contributed by atoms with Gasteiger partial charge >= 0.3 is 0 Å². The van der Waals surface area contributed by atoms with Crippen molar-refractivity contribution >= 4 is 5.91 Å². The number of carbonyl (C=O) groups is 1. The molecule has 0 aliphatic carbocycles. The molecule has 1 rings (SSSR count). The van der Waals surface area contributed by atoms with Gasteiger partial charge in [0.2, 0.25) is 5.91 Å². The third kappa shape index (κ3) is 11.6. The van der Waals surface area contributed by atoms with Crippen LogP contribution in [0.15, 0.2) is 0 Å². The molecule has 0 aromatic rings. The highest BCUT2D eigenvalue weighted by Gasteiger charge is 2.26. The van der Waals surface area contributed by atoms with E-state index in [4.69, 9.17) is 0 Å². The lowest BCUT2D eigenvalue weighted by Crippen LogP contribution is -2.41. The van der Waals surface area contributed by atoms with Crippen molar-refractivity contribution in [1.82, 2.24) is 10.2 Å². The van der Waals surface area contributed by atoms with Crippen LogP contribution in [0.5, 0.6) is 0 Å². The van der Waals surface area contributed by atoms with Crippen molar-refractivity contribution in [3.8, 4) is 0 Å². The van der Waals surface area contributed by atoms with E-state index in [1.807, 2.05) is 0 Å². The molecule has 1 fully saturated rings. The van der Waals surface area contributed by atoms with Gasteiger partial charge in [0, 0.05) is 6.54 Å². The summed E-state index contributed by atoms with van der Waals surface area (Å²) in [6, 6.07) is 0.131. The molecular weight excluding hydrogens is 308 g/mol. The highest BCUT2D eigenvalue weighted by molar-refractivity contribution is 5.81. The van der Waals surface area contributed by atoms with Crippen molar-refractivity contribution in [1.29, 1.82) is 0 Å². The Morgan fingerprint density at radius 1 is 0.840 bits per heavy atom. The van der Waals surface area contributed by atoms with E-state index in [0.29, 0.717) is 0 Å². The summed E-state index contributed by atoms with van der Waals surface area (Å²) in [6.45, 7) is 4.21. The van der Waals surface area contributed by atoms with Crippen molar-refractivity contribution in [2.75, 3.05) is 20.1 Å².